The molecular formula is C27H45N4O7S+. The molecule has 1 atom stereocenters. The highest BCUT2D eigenvalue weighted by molar-refractivity contribution is 7.12. The smallest absolute Gasteiger partial charge is 0.396 e. The molecule has 220 valence electrons. The highest BCUT2D eigenvalue weighted by atomic mass is 32.1. The van der Waals surface area contributed by atoms with Gasteiger partial charge in [-0.15, -0.1) is 0 Å². The Balaban J connectivity index is 1.82. The number of rotatable bonds is 23. The lowest BCUT2D eigenvalue weighted by molar-refractivity contribution is -0.654. The molecule has 11 nitrogen and oxygen atoms in total. The number of aromatic nitrogens is 1. The fraction of sp³-hybridized carbons (Fsp3) is 0.667. The van der Waals surface area contributed by atoms with Crippen LogP contribution in [0.4, 0.5) is 16.5 Å². The summed E-state index contributed by atoms with van der Waals surface area (Å²) >= 11 is 1.54. The summed E-state index contributed by atoms with van der Waals surface area (Å²) in [6.45, 7) is 10.1. The summed E-state index contributed by atoms with van der Waals surface area (Å²) in [6, 6.07) is 6.14. The maximum atomic E-state index is 9.18. The molecule has 2 N–H and O–H groups in total. The van der Waals surface area contributed by atoms with Crippen LogP contribution < -0.4 is 9.47 Å². The standard InChI is InChI=1S/C27H45N4O7S/c1-23-21-25(5-6-26(23)28-29-27-30(3)9-20-39-27)31(7-12-35-15-14-34-11-4-10-32)8-13-36-16-17-37-18-19-38-22-24(2)33/h5-6,9,20-21,24,32-33H,4,7-8,10-19,22H2,1-3H3/q+1. The van der Waals surface area contributed by atoms with Gasteiger partial charge in [-0.25, -0.2) is 4.57 Å². The summed E-state index contributed by atoms with van der Waals surface area (Å²) in [5.41, 5.74) is 2.92. The van der Waals surface area contributed by atoms with Crippen molar-refractivity contribution in [1.29, 1.82) is 0 Å². The minimum atomic E-state index is -0.467. The first-order chi connectivity index (χ1) is 19.0. The van der Waals surface area contributed by atoms with E-state index in [2.05, 4.69) is 21.2 Å². The predicted molar refractivity (Wildman–Crippen MR) is 151 cm³/mol. The van der Waals surface area contributed by atoms with E-state index in [0.717, 1.165) is 22.1 Å². The maximum absolute atomic E-state index is 9.18. The van der Waals surface area contributed by atoms with Crippen LogP contribution in [0.25, 0.3) is 0 Å². The molecule has 0 bridgehead atoms. The van der Waals surface area contributed by atoms with Crippen molar-refractivity contribution in [2.24, 2.45) is 17.3 Å². The van der Waals surface area contributed by atoms with Crippen LogP contribution in [-0.2, 0) is 30.7 Å². The Hall–Kier alpha value is -2.03. The van der Waals surface area contributed by atoms with Gasteiger partial charge >= 0.3 is 5.13 Å². The summed E-state index contributed by atoms with van der Waals surface area (Å²) < 4.78 is 29.7. The predicted octanol–water partition coefficient (Wildman–Crippen LogP) is 2.95. The van der Waals surface area contributed by atoms with Gasteiger partial charge in [-0.2, -0.15) is 0 Å². The average Bonchev–Trinajstić information content (AvgIpc) is 3.33. The van der Waals surface area contributed by atoms with Gasteiger partial charge in [-0.3, -0.25) is 0 Å². The molecule has 12 heteroatoms. The van der Waals surface area contributed by atoms with Crippen LogP contribution in [0.5, 0.6) is 0 Å². The van der Waals surface area contributed by atoms with Crippen LogP contribution in [0.2, 0.25) is 0 Å². The normalized spacial score (nSPS) is 12.4. The number of nitrogens with zero attached hydrogens (tertiary/aromatic N) is 4. The van der Waals surface area contributed by atoms with Crippen molar-refractivity contribution in [2.75, 3.05) is 90.7 Å². The highest BCUT2D eigenvalue weighted by Gasteiger charge is 2.11. The number of hydrogen-bond donors (Lipinski definition) is 2. The van der Waals surface area contributed by atoms with E-state index in [0.29, 0.717) is 85.6 Å². The second-order valence-electron chi connectivity index (χ2n) is 8.90. The first-order valence-corrected chi connectivity index (χ1v) is 14.3. The molecule has 39 heavy (non-hydrogen) atoms. The molecule has 2 rings (SSSR count). The molecule has 0 amide bonds. The van der Waals surface area contributed by atoms with Crippen molar-refractivity contribution in [3.05, 3.63) is 35.3 Å². The van der Waals surface area contributed by atoms with Crippen molar-refractivity contribution in [2.45, 2.75) is 26.4 Å². The van der Waals surface area contributed by atoms with E-state index in [1.807, 2.05) is 42.2 Å². The van der Waals surface area contributed by atoms with E-state index in [1.54, 1.807) is 18.3 Å². The van der Waals surface area contributed by atoms with E-state index in [1.165, 1.54) is 0 Å². The van der Waals surface area contributed by atoms with Crippen LogP contribution >= 0.6 is 11.3 Å². The SMILES string of the molecule is Cc1cc(N(CCOCCOCCCO)CCOCCOCCOCC(C)O)ccc1/N=N/c1scc[n+]1C. The number of hydrogen-bond acceptors (Lipinski definition) is 11. The van der Waals surface area contributed by atoms with Gasteiger partial charge in [-0.1, -0.05) is 0 Å². The third-order valence-corrected chi connectivity index (χ3v) is 6.32. The lowest BCUT2D eigenvalue weighted by Crippen LogP contribution is -2.31. The summed E-state index contributed by atoms with van der Waals surface area (Å²) in [6.07, 6.45) is 2.13. The lowest BCUT2D eigenvalue weighted by Gasteiger charge is -2.25. The summed E-state index contributed by atoms with van der Waals surface area (Å²) in [5, 5.41) is 29.6. The zero-order valence-corrected chi connectivity index (χ0v) is 24.3. The van der Waals surface area contributed by atoms with E-state index < -0.39 is 6.10 Å². The molecule has 0 aliphatic heterocycles. The zero-order valence-electron chi connectivity index (χ0n) is 23.5. The van der Waals surface area contributed by atoms with Crippen molar-refractivity contribution < 1.29 is 38.5 Å². The van der Waals surface area contributed by atoms with E-state index >= 15 is 0 Å². The van der Waals surface area contributed by atoms with Crippen LogP contribution in [0, 0.1) is 6.92 Å². The molecule has 0 fully saturated rings. The van der Waals surface area contributed by atoms with E-state index in [-0.39, 0.29) is 6.61 Å². The van der Waals surface area contributed by atoms with Gasteiger partial charge in [0, 0.05) is 37.4 Å². The number of aliphatic hydroxyl groups excluding tert-OH is 2. The lowest BCUT2D eigenvalue weighted by atomic mass is 10.1. The summed E-state index contributed by atoms with van der Waals surface area (Å²) in [5.74, 6) is 0. The summed E-state index contributed by atoms with van der Waals surface area (Å²) in [4.78, 5) is 2.23. The minimum absolute atomic E-state index is 0.134. The minimum Gasteiger partial charge on any atom is -0.396 e. The number of benzene rings is 1. The number of azo groups is 1. The van der Waals surface area contributed by atoms with Crippen molar-refractivity contribution in [3.63, 3.8) is 0 Å². The molecule has 0 saturated heterocycles. The van der Waals surface area contributed by atoms with Gasteiger partial charge in [0.25, 0.3) is 0 Å². The Morgan fingerprint density at radius 1 is 0.897 bits per heavy atom. The van der Waals surface area contributed by atoms with Crippen LogP contribution in [0.15, 0.2) is 40.0 Å². The Bertz CT molecular complexity index is 929. The van der Waals surface area contributed by atoms with Crippen molar-refractivity contribution in [3.8, 4) is 0 Å². The van der Waals surface area contributed by atoms with Gasteiger partial charge in [0.1, 0.15) is 11.9 Å². The zero-order chi connectivity index (χ0) is 28.1. The highest BCUT2D eigenvalue weighted by Crippen LogP contribution is 2.27. The molecule has 0 saturated carbocycles. The van der Waals surface area contributed by atoms with Gasteiger partial charge in [0.05, 0.1) is 77.7 Å². The van der Waals surface area contributed by atoms with E-state index in [4.69, 9.17) is 28.8 Å². The first-order valence-electron chi connectivity index (χ1n) is 13.4. The van der Waals surface area contributed by atoms with Crippen molar-refractivity contribution >= 4 is 27.8 Å². The first kappa shape index (κ1) is 33.2. The van der Waals surface area contributed by atoms with Gasteiger partial charge in [-0.05, 0) is 60.5 Å². The van der Waals surface area contributed by atoms with E-state index in [9.17, 15) is 5.11 Å². The molecule has 0 aliphatic rings. The van der Waals surface area contributed by atoms with Crippen molar-refractivity contribution in [1.82, 2.24) is 0 Å². The Morgan fingerprint density at radius 3 is 2.08 bits per heavy atom. The third kappa shape index (κ3) is 14.8. The van der Waals surface area contributed by atoms with Gasteiger partial charge in [0.15, 0.2) is 0 Å². The Labute approximate surface area is 235 Å². The second kappa shape index (κ2) is 20.8. The van der Waals surface area contributed by atoms with Gasteiger partial charge < -0.3 is 38.8 Å². The molecule has 0 radical (unpaired) electrons. The monoisotopic (exact) mass is 569 g/mol. The number of thiazole rings is 1. The number of aliphatic hydroxyl groups is 2. The fourth-order valence-electron chi connectivity index (χ4n) is 3.37. The molecular weight excluding hydrogens is 524 g/mol. The molecule has 0 spiro atoms. The Morgan fingerprint density at radius 2 is 1.51 bits per heavy atom. The molecule has 1 aromatic heterocycles. The topological polar surface area (TPSA) is 118 Å². The van der Waals surface area contributed by atoms with Crippen LogP contribution in [0.3, 0.4) is 0 Å². The largest absolute Gasteiger partial charge is 0.408 e. The fourth-order valence-corrected chi connectivity index (χ4v) is 4.05. The maximum Gasteiger partial charge on any atom is 0.408 e. The third-order valence-electron chi connectivity index (χ3n) is 5.48. The molecule has 1 aromatic carbocycles. The second-order valence-corrected chi connectivity index (χ2v) is 9.78. The molecule has 2 aromatic rings. The average molecular weight is 570 g/mol. The molecule has 0 aliphatic carbocycles. The summed E-state index contributed by atoms with van der Waals surface area (Å²) in [7, 11) is 1.95. The van der Waals surface area contributed by atoms with Crippen LogP contribution in [0.1, 0.15) is 18.9 Å². The molecule has 1 heterocycles. The number of ether oxygens (including phenoxy) is 5. The number of aryl methyl sites for hydroxylation is 2. The Kier molecular flexibility index (Phi) is 17.7. The van der Waals surface area contributed by atoms with Gasteiger partial charge in [0.2, 0.25) is 0 Å². The molecule has 1 unspecified atom stereocenters. The number of anilines is 1. The quantitative estimate of drug-likeness (QED) is 0.119. The van der Waals surface area contributed by atoms with Crippen LogP contribution in [-0.4, -0.2) is 102 Å².